The van der Waals surface area contributed by atoms with Crippen molar-refractivity contribution in [1.29, 1.82) is 0 Å². The highest BCUT2D eigenvalue weighted by Gasteiger charge is 2.53. The molecule has 0 aromatic heterocycles. The van der Waals surface area contributed by atoms with Crippen LogP contribution in [0.25, 0.3) is 0 Å². The van der Waals surface area contributed by atoms with E-state index in [2.05, 4.69) is 0 Å². The van der Waals surface area contributed by atoms with Crippen molar-refractivity contribution in [2.75, 3.05) is 0 Å². The van der Waals surface area contributed by atoms with Crippen LogP contribution in [0.5, 0.6) is 0 Å². The zero-order valence-corrected chi connectivity index (χ0v) is 7.63. The van der Waals surface area contributed by atoms with E-state index in [1.807, 2.05) is 0 Å². The number of carbonyl (C=O) groups is 1. The van der Waals surface area contributed by atoms with E-state index in [0.29, 0.717) is 5.57 Å². The molecule has 82 valence electrons. The van der Waals surface area contributed by atoms with Gasteiger partial charge in [0, 0.05) is 0 Å². The Morgan fingerprint density at radius 3 is 2.60 bits per heavy atom. The van der Waals surface area contributed by atoms with Gasteiger partial charge in [0.05, 0.1) is 11.1 Å². The zero-order chi connectivity index (χ0) is 11.4. The molecular weight excluding hydrogens is 213 g/mol. The molecule has 0 aromatic rings. The number of rotatable bonds is 1. The van der Waals surface area contributed by atoms with Crippen LogP contribution < -0.4 is 0 Å². The Morgan fingerprint density at radius 1 is 1.53 bits per heavy atom. The van der Waals surface area contributed by atoms with Crippen LogP contribution in [-0.4, -0.2) is 29.5 Å². The second-order valence-electron chi connectivity index (χ2n) is 3.48. The van der Waals surface area contributed by atoms with Gasteiger partial charge in [-0.2, -0.15) is 13.2 Å². The van der Waals surface area contributed by atoms with Gasteiger partial charge in [-0.3, -0.25) is 0 Å². The third kappa shape index (κ3) is 1.36. The molecule has 0 saturated carbocycles. The Balaban J connectivity index is 2.51. The molecule has 2 unspecified atom stereocenters. The van der Waals surface area contributed by atoms with Crippen LogP contribution in [-0.2, 0) is 9.53 Å². The quantitative estimate of drug-likeness (QED) is 0.683. The zero-order valence-electron chi connectivity index (χ0n) is 7.63. The predicted octanol–water partition coefficient (Wildman–Crippen LogP) is 1.66. The van der Waals surface area contributed by atoms with Gasteiger partial charge in [0.25, 0.3) is 0 Å². The smallest absolute Gasteiger partial charge is 0.416 e. The van der Waals surface area contributed by atoms with Gasteiger partial charge in [-0.05, 0) is 18.6 Å². The van der Waals surface area contributed by atoms with Crippen LogP contribution in [0, 0.1) is 0 Å². The molecular formula is C9H7F3O3. The average molecular weight is 220 g/mol. The molecule has 0 saturated heterocycles. The lowest BCUT2D eigenvalue weighted by atomic mass is 9.92. The van der Waals surface area contributed by atoms with Crippen molar-refractivity contribution in [3.63, 3.8) is 0 Å². The maximum atomic E-state index is 12.5. The first-order chi connectivity index (χ1) is 6.82. The van der Waals surface area contributed by atoms with Gasteiger partial charge in [0.2, 0.25) is 0 Å². The molecule has 2 heterocycles. The Hall–Kier alpha value is -1.30. The lowest BCUT2D eigenvalue weighted by Crippen LogP contribution is -2.25. The molecule has 0 spiro atoms. The fourth-order valence-electron chi connectivity index (χ4n) is 1.90. The Labute approximate surface area is 82.8 Å². The van der Waals surface area contributed by atoms with Crippen LogP contribution in [0.4, 0.5) is 13.2 Å². The van der Waals surface area contributed by atoms with Crippen molar-refractivity contribution in [2.24, 2.45) is 0 Å². The van der Waals surface area contributed by atoms with Gasteiger partial charge in [-0.1, -0.05) is 0 Å². The Morgan fingerprint density at radius 2 is 2.13 bits per heavy atom. The fourth-order valence-corrected chi connectivity index (χ4v) is 1.90. The summed E-state index contributed by atoms with van der Waals surface area (Å²) in [5.74, 6) is -1.57. The van der Waals surface area contributed by atoms with E-state index in [1.54, 1.807) is 6.92 Å². The maximum absolute atomic E-state index is 12.5. The number of hydrogen-bond acceptors (Lipinski definition) is 2. The van der Waals surface area contributed by atoms with E-state index in [4.69, 9.17) is 9.84 Å². The van der Waals surface area contributed by atoms with Crippen LogP contribution in [0.2, 0.25) is 0 Å². The van der Waals surface area contributed by atoms with Gasteiger partial charge in [-0.15, -0.1) is 0 Å². The second kappa shape index (κ2) is 2.85. The minimum atomic E-state index is -4.65. The van der Waals surface area contributed by atoms with E-state index in [0.717, 1.165) is 0 Å². The second-order valence-corrected chi connectivity index (χ2v) is 3.48. The highest BCUT2D eigenvalue weighted by Crippen LogP contribution is 2.45. The summed E-state index contributed by atoms with van der Waals surface area (Å²) in [7, 11) is 0. The molecule has 0 aliphatic carbocycles. The maximum Gasteiger partial charge on any atom is 0.416 e. The summed E-state index contributed by atoms with van der Waals surface area (Å²) in [5, 5.41) is 8.72. The monoisotopic (exact) mass is 220 g/mol. The molecule has 2 atom stereocenters. The van der Waals surface area contributed by atoms with Gasteiger partial charge in [0.15, 0.2) is 0 Å². The molecule has 0 fully saturated rings. The van der Waals surface area contributed by atoms with Crippen LogP contribution in [0.15, 0.2) is 22.8 Å². The lowest BCUT2D eigenvalue weighted by Gasteiger charge is -2.15. The number of fused-ring (bicyclic) bond motifs is 2. The molecule has 3 nitrogen and oxygen atoms in total. The first-order valence-corrected chi connectivity index (χ1v) is 4.20. The first-order valence-electron chi connectivity index (χ1n) is 4.20. The molecule has 2 bridgehead atoms. The van der Waals surface area contributed by atoms with E-state index in [-0.39, 0.29) is 0 Å². The van der Waals surface area contributed by atoms with Crippen LogP contribution >= 0.6 is 0 Å². The number of halogens is 3. The van der Waals surface area contributed by atoms with Crippen molar-refractivity contribution in [3.05, 3.63) is 22.8 Å². The fraction of sp³-hybridized carbons (Fsp3) is 0.444. The van der Waals surface area contributed by atoms with E-state index < -0.39 is 35.5 Å². The van der Waals surface area contributed by atoms with Gasteiger partial charge in [-0.25, -0.2) is 4.79 Å². The highest BCUT2D eigenvalue weighted by atomic mass is 19.4. The predicted molar refractivity (Wildman–Crippen MR) is 43.1 cm³/mol. The van der Waals surface area contributed by atoms with Crippen molar-refractivity contribution < 1.29 is 27.8 Å². The summed E-state index contributed by atoms with van der Waals surface area (Å²) >= 11 is 0. The third-order valence-corrected chi connectivity index (χ3v) is 2.48. The lowest BCUT2D eigenvalue weighted by molar-refractivity contribution is -0.134. The van der Waals surface area contributed by atoms with Gasteiger partial charge < -0.3 is 9.84 Å². The number of ether oxygens (including phenoxy) is 1. The van der Waals surface area contributed by atoms with Crippen molar-refractivity contribution in [1.82, 2.24) is 0 Å². The molecule has 2 aliphatic heterocycles. The van der Waals surface area contributed by atoms with E-state index in [1.165, 1.54) is 6.08 Å². The normalized spacial score (nSPS) is 29.7. The summed E-state index contributed by atoms with van der Waals surface area (Å²) < 4.78 is 42.5. The molecule has 6 heteroatoms. The van der Waals surface area contributed by atoms with Crippen LogP contribution in [0.1, 0.15) is 6.92 Å². The number of carboxylic acids is 1. The van der Waals surface area contributed by atoms with Gasteiger partial charge in [0.1, 0.15) is 12.2 Å². The molecule has 1 N–H and O–H groups in total. The summed E-state index contributed by atoms with van der Waals surface area (Å²) in [6.07, 6.45) is -5.63. The van der Waals surface area contributed by atoms with Crippen molar-refractivity contribution >= 4 is 5.97 Å². The summed E-state index contributed by atoms with van der Waals surface area (Å²) in [6, 6.07) is 0. The standard InChI is InChI=1S/C9H7F3O3/c1-3-2-4-6(9(10,11)12)5(8(13)14)7(3)15-4/h2,4,7H,1H3,(H,13,14). The van der Waals surface area contributed by atoms with Gasteiger partial charge >= 0.3 is 12.1 Å². The molecule has 0 radical (unpaired) electrons. The summed E-state index contributed by atoms with van der Waals surface area (Å²) in [5.41, 5.74) is -1.23. The van der Waals surface area contributed by atoms with E-state index >= 15 is 0 Å². The molecule has 0 aromatic carbocycles. The third-order valence-electron chi connectivity index (χ3n) is 2.48. The SMILES string of the molecule is CC1=CC2OC1C(C(=O)O)=C2C(F)(F)F. The molecule has 0 amide bonds. The molecule has 15 heavy (non-hydrogen) atoms. The topological polar surface area (TPSA) is 46.5 Å². The van der Waals surface area contributed by atoms with Crippen LogP contribution in [0.3, 0.4) is 0 Å². The van der Waals surface area contributed by atoms with E-state index in [9.17, 15) is 18.0 Å². The minimum absolute atomic E-state index is 0.519. The highest BCUT2D eigenvalue weighted by molar-refractivity contribution is 5.91. The van der Waals surface area contributed by atoms with Crippen molar-refractivity contribution in [3.8, 4) is 0 Å². The Kier molecular flexibility index (Phi) is 1.94. The minimum Gasteiger partial charge on any atom is -0.478 e. The summed E-state index contributed by atoms with van der Waals surface area (Å²) in [6.45, 7) is 1.56. The average Bonchev–Trinajstić information content (AvgIpc) is 2.56. The number of alkyl halides is 3. The number of carboxylic acid groups (broad SMARTS) is 1. The van der Waals surface area contributed by atoms with Crippen molar-refractivity contribution in [2.45, 2.75) is 25.3 Å². The molecule has 2 rings (SSSR count). The Bertz CT molecular complexity index is 392. The molecule has 2 aliphatic rings. The number of hydrogen-bond donors (Lipinski definition) is 1. The summed E-state index contributed by atoms with van der Waals surface area (Å²) in [4.78, 5) is 10.7. The largest absolute Gasteiger partial charge is 0.478 e. The first kappa shape index (κ1) is 10.2. The number of aliphatic carboxylic acids is 1.